The standard InChI is InChI=1S/C22H19N5O2/c1-26-18-9-7-15(11-14(18)12-21(26)28)24-22-23-13-16-8-10-19(27(16)25-22)17-5-3-4-6-20(17)29-2/h3-11,13H,12H2,1-2H3,(H,24,25). The summed E-state index contributed by atoms with van der Waals surface area (Å²) in [6, 6.07) is 17.7. The number of fused-ring (bicyclic) bond motifs is 2. The predicted molar refractivity (Wildman–Crippen MR) is 112 cm³/mol. The molecule has 0 bridgehead atoms. The number of methoxy groups -OCH3 is 1. The minimum absolute atomic E-state index is 0.101. The number of aromatic nitrogens is 3. The Morgan fingerprint density at radius 2 is 1.97 bits per heavy atom. The van der Waals surface area contributed by atoms with Gasteiger partial charge in [-0.2, -0.15) is 0 Å². The van der Waals surface area contributed by atoms with Crippen molar-refractivity contribution in [2.45, 2.75) is 6.42 Å². The third-order valence-corrected chi connectivity index (χ3v) is 5.19. The first-order valence-electron chi connectivity index (χ1n) is 9.29. The molecule has 7 heteroatoms. The van der Waals surface area contributed by atoms with Crippen LogP contribution in [0, 0.1) is 0 Å². The Balaban J connectivity index is 1.51. The van der Waals surface area contributed by atoms with Gasteiger partial charge in [0, 0.05) is 24.0 Å². The molecule has 4 aromatic rings. The van der Waals surface area contributed by atoms with Gasteiger partial charge in [0.2, 0.25) is 11.9 Å². The number of anilines is 3. The highest BCUT2D eigenvalue weighted by molar-refractivity contribution is 6.01. The SMILES string of the molecule is COc1ccccc1-c1ccc2cnc(Nc3ccc4c(c3)CC(=O)N4C)nn12. The number of hydrogen-bond donors (Lipinski definition) is 1. The lowest BCUT2D eigenvalue weighted by Gasteiger charge is -2.12. The number of amides is 1. The van der Waals surface area contributed by atoms with Crippen LogP contribution in [0.2, 0.25) is 0 Å². The molecule has 0 radical (unpaired) electrons. The largest absolute Gasteiger partial charge is 0.496 e. The van der Waals surface area contributed by atoms with E-state index in [1.165, 1.54) is 0 Å². The van der Waals surface area contributed by atoms with Crippen molar-refractivity contribution in [1.82, 2.24) is 14.6 Å². The lowest BCUT2D eigenvalue weighted by Crippen LogP contribution is -2.20. The molecule has 0 saturated heterocycles. The molecule has 1 aliphatic heterocycles. The molecule has 0 atom stereocenters. The Labute approximate surface area is 167 Å². The van der Waals surface area contributed by atoms with Gasteiger partial charge in [-0.3, -0.25) is 4.79 Å². The van der Waals surface area contributed by atoms with Crippen LogP contribution in [-0.2, 0) is 11.2 Å². The first-order chi connectivity index (χ1) is 14.1. The van der Waals surface area contributed by atoms with Crippen molar-refractivity contribution in [3.63, 3.8) is 0 Å². The van der Waals surface area contributed by atoms with Crippen molar-refractivity contribution in [3.8, 4) is 17.0 Å². The number of para-hydroxylation sites is 1. The normalized spacial score (nSPS) is 13.0. The average molecular weight is 385 g/mol. The topological polar surface area (TPSA) is 71.8 Å². The molecule has 1 amide bonds. The van der Waals surface area contributed by atoms with E-state index in [4.69, 9.17) is 4.74 Å². The number of hydrogen-bond acceptors (Lipinski definition) is 5. The molecule has 1 N–H and O–H groups in total. The van der Waals surface area contributed by atoms with Crippen LogP contribution in [-0.4, -0.2) is 34.7 Å². The molecule has 0 aliphatic carbocycles. The van der Waals surface area contributed by atoms with Crippen LogP contribution in [0.3, 0.4) is 0 Å². The molecule has 1 aliphatic rings. The van der Waals surface area contributed by atoms with E-state index in [0.717, 1.165) is 39.5 Å². The predicted octanol–water partition coefficient (Wildman–Crippen LogP) is 3.67. The Morgan fingerprint density at radius 1 is 1.10 bits per heavy atom. The summed E-state index contributed by atoms with van der Waals surface area (Å²) < 4.78 is 7.35. The highest BCUT2D eigenvalue weighted by Crippen LogP contribution is 2.32. The van der Waals surface area contributed by atoms with Crippen molar-refractivity contribution in [3.05, 3.63) is 66.4 Å². The van der Waals surface area contributed by atoms with Crippen molar-refractivity contribution < 1.29 is 9.53 Å². The van der Waals surface area contributed by atoms with Crippen molar-refractivity contribution >= 4 is 28.7 Å². The maximum atomic E-state index is 11.9. The molecular weight excluding hydrogens is 366 g/mol. The number of nitrogens with one attached hydrogen (secondary N) is 1. The van der Waals surface area contributed by atoms with Crippen LogP contribution < -0.4 is 15.0 Å². The summed E-state index contributed by atoms with van der Waals surface area (Å²) in [4.78, 5) is 18.0. The number of carbonyl (C=O) groups excluding carboxylic acids is 1. The van der Waals surface area contributed by atoms with Crippen LogP contribution >= 0.6 is 0 Å². The van der Waals surface area contributed by atoms with Gasteiger partial charge in [-0.1, -0.05) is 12.1 Å². The van der Waals surface area contributed by atoms with Crippen molar-refractivity contribution in [1.29, 1.82) is 0 Å². The summed E-state index contributed by atoms with van der Waals surface area (Å²) in [5.74, 6) is 1.36. The molecule has 0 unspecified atom stereocenters. The number of nitrogens with zero attached hydrogens (tertiary/aromatic N) is 4. The Bertz CT molecular complexity index is 1250. The van der Waals surface area contributed by atoms with Crippen molar-refractivity contribution in [2.24, 2.45) is 0 Å². The van der Waals surface area contributed by atoms with E-state index in [2.05, 4.69) is 15.4 Å². The number of likely N-dealkylation sites (N-methyl/N-ethyl adjacent to an activating group) is 1. The Kier molecular flexibility index (Phi) is 3.94. The van der Waals surface area contributed by atoms with Crippen molar-refractivity contribution in [2.75, 3.05) is 24.4 Å². The lowest BCUT2D eigenvalue weighted by molar-refractivity contribution is -0.117. The monoisotopic (exact) mass is 385 g/mol. The average Bonchev–Trinajstić information content (AvgIpc) is 3.28. The van der Waals surface area contributed by atoms with E-state index in [1.807, 2.05) is 59.1 Å². The summed E-state index contributed by atoms with van der Waals surface area (Å²) in [7, 11) is 3.45. The molecule has 5 rings (SSSR count). The molecule has 2 aromatic carbocycles. The third kappa shape index (κ3) is 2.87. The Morgan fingerprint density at radius 3 is 2.83 bits per heavy atom. The van der Waals surface area contributed by atoms with E-state index in [1.54, 1.807) is 25.3 Å². The molecule has 0 saturated carbocycles. The maximum Gasteiger partial charge on any atom is 0.245 e. The highest BCUT2D eigenvalue weighted by atomic mass is 16.5. The summed E-state index contributed by atoms with van der Waals surface area (Å²) >= 11 is 0. The molecule has 0 fully saturated rings. The highest BCUT2D eigenvalue weighted by Gasteiger charge is 2.24. The molecule has 2 aromatic heterocycles. The van der Waals surface area contributed by atoms with Crippen LogP contribution in [0.15, 0.2) is 60.8 Å². The van der Waals surface area contributed by atoms with Gasteiger partial charge < -0.3 is 15.0 Å². The molecule has 29 heavy (non-hydrogen) atoms. The Hall–Kier alpha value is -3.87. The smallest absolute Gasteiger partial charge is 0.245 e. The second kappa shape index (κ2) is 6.63. The fraction of sp³-hybridized carbons (Fsp3) is 0.136. The zero-order valence-corrected chi connectivity index (χ0v) is 16.1. The first-order valence-corrected chi connectivity index (χ1v) is 9.29. The molecular formula is C22H19N5O2. The summed E-state index contributed by atoms with van der Waals surface area (Å²) in [5.41, 5.74) is 5.55. The van der Waals surface area contributed by atoms with Gasteiger partial charge >= 0.3 is 0 Å². The van der Waals surface area contributed by atoms with Crippen LogP contribution in [0.5, 0.6) is 5.75 Å². The minimum atomic E-state index is 0.101. The number of benzene rings is 2. The van der Waals surface area contributed by atoms with Gasteiger partial charge in [-0.05, 0) is 48.0 Å². The third-order valence-electron chi connectivity index (χ3n) is 5.19. The van der Waals surface area contributed by atoms with Gasteiger partial charge in [0.15, 0.2) is 0 Å². The minimum Gasteiger partial charge on any atom is -0.496 e. The van der Waals surface area contributed by atoms with Gasteiger partial charge in [-0.25, -0.2) is 9.50 Å². The van der Waals surface area contributed by atoms with E-state index in [9.17, 15) is 4.79 Å². The van der Waals surface area contributed by atoms with Gasteiger partial charge in [0.25, 0.3) is 0 Å². The van der Waals surface area contributed by atoms with Crippen LogP contribution in [0.4, 0.5) is 17.3 Å². The van der Waals surface area contributed by atoms with Gasteiger partial charge in [0.1, 0.15) is 5.75 Å². The number of ether oxygens (including phenoxy) is 1. The first kappa shape index (κ1) is 17.2. The lowest BCUT2D eigenvalue weighted by atomic mass is 10.1. The van der Waals surface area contributed by atoms with E-state index >= 15 is 0 Å². The molecule has 7 nitrogen and oxygen atoms in total. The van der Waals surface area contributed by atoms with Gasteiger partial charge in [0.05, 0.1) is 30.9 Å². The summed E-state index contributed by atoms with van der Waals surface area (Å²) in [6.45, 7) is 0. The zero-order valence-electron chi connectivity index (χ0n) is 16.1. The summed E-state index contributed by atoms with van der Waals surface area (Å²) in [5, 5.41) is 7.92. The van der Waals surface area contributed by atoms with Crippen LogP contribution in [0.25, 0.3) is 16.8 Å². The number of carbonyl (C=O) groups is 1. The number of rotatable bonds is 4. The fourth-order valence-corrected chi connectivity index (χ4v) is 3.70. The quantitative estimate of drug-likeness (QED) is 0.580. The van der Waals surface area contributed by atoms with E-state index < -0.39 is 0 Å². The fourth-order valence-electron chi connectivity index (χ4n) is 3.70. The second-order valence-corrected chi connectivity index (χ2v) is 6.94. The molecule has 3 heterocycles. The van der Waals surface area contributed by atoms with Crippen LogP contribution in [0.1, 0.15) is 5.56 Å². The maximum absolute atomic E-state index is 11.9. The summed E-state index contributed by atoms with van der Waals surface area (Å²) in [6.07, 6.45) is 2.19. The second-order valence-electron chi connectivity index (χ2n) is 6.94. The van der Waals surface area contributed by atoms with Gasteiger partial charge in [-0.15, -0.1) is 5.10 Å². The zero-order chi connectivity index (χ0) is 20.0. The molecule has 0 spiro atoms. The molecule has 144 valence electrons. The van der Waals surface area contributed by atoms with E-state index in [-0.39, 0.29) is 5.91 Å². The van der Waals surface area contributed by atoms with E-state index in [0.29, 0.717) is 12.4 Å².